The van der Waals surface area contributed by atoms with E-state index in [4.69, 9.17) is 4.74 Å². The molecule has 1 aromatic heterocycles. The van der Waals surface area contributed by atoms with Gasteiger partial charge in [0.2, 0.25) is 0 Å². The molecule has 1 atom stereocenters. The molecule has 0 radical (unpaired) electrons. The van der Waals surface area contributed by atoms with Gasteiger partial charge < -0.3 is 14.6 Å². The second-order valence-electron chi connectivity index (χ2n) is 5.76. The van der Waals surface area contributed by atoms with Gasteiger partial charge in [-0.25, -0.2) is 4.98 Å². The van der Waals surface area contributed by atoms with Crippen molar-refractivity contribution in [2.45, 2.75) is 25.4 Å². The van der Waals surface area contributed by atoms with Crippen molar-refractivity contribution < 1.29 is 9.66 Å². The number of H-pyrrole nitrogens is 1. The number of nitro benzene ring substituents is 1. The number of nitrogens with one attached hydrogen (secondary N) is 1. The Morgan fingerprint density at radius 1 is 1.52 bits per heavy atom. The second-order valence-corrected chi connectivity index (χ2v) is 5.76. The van der Waals surface area contributed by atoms with Gasteiger partial charge in [0.25, 0.3) is 5.69 Å². The number of nitrogens with zero attached hydrogens (tertiary/aromatic N) is 3. The van der Waals surface area contributed by atoms with Crippen LogP contribution in [0.25, 0.3) is 0 Å². The number of nitro groups is 1. The number of aromatic amines is 1. The zero-order valence-corrected chi connectivity index (χ0v) is 13.1. The van der Waals surface area contributed by atoms with E-state index < -0.39 is 0 Å². The van der Waals surface area contributed by atoms with Gasteiger partial charge >= 0.3 is 0 Å². The lowest BCUT2D eigenvalue weighted by Crippen LogP contribution is -2.35. The third-order valence-corrected chi connectivity index (χ3v) is 4.24. The Morgan fingerprint density at radius 2 is 2.39 bits per heavy atom. The lowest BCUT2D eigenvalue weighted by atomic mass is 9.96. The Labute approximate surface area is 134 Å². The topological polar surface area (TPSA) is 84.3 Å². The SMILES string of the molecule is COCc1cc([N+](=O)[O-])ccc1N1CCCC(c2ncc[nH]2)C1. The summed E-state index contributed by atoms with van der Waals surface area (Å²) in [5.74, 6) is 1.36. The van der Waals surface area contributed by atoms with Crippen LogP contribution >= 0.6 is 0 Å². The molecular weight excluding hydrogens is 296 g/mol. The molecule has 122 valence electrons. The van der Waals surface area contributed by atoms with E-state index in [0.29, 0.717) is 12.5 Å². The van der Waals surface area contributed by atoms with Crippen molar-refractivity contribution in [3.63, 3.8) is 0 Å². The van der Waals surface area contributed by atoms with Crippen LogP contribution < -0.4 is 4.90 Å². The summed E-state index contributed by atoms with van der Waals surface area (Å²) in [5, 5.41) is 11.0. The molecule has 1 N–H and O–H groups in total. The Morgan fingerprint density at radius 3 is 3.09 bits per heavy atom. The minimum atomic E-state index is -0.370. The van der Waals surface area contributed by atoms with E-state index in [1.54, 1.807) is 25.4 Å². The fourth-order valence-electron chi connectivity index (χ4n) is 3.18. The van der Waals surface area contributed by atoms with Gasteiger partial charge in [0.05, 0.1) is 11.5 Å². The van der Waals surface area contributed by atoms with Gasteiger partial charge in [-0.3, -0.25) is 10.1 Å². The molecule has 0 saturated carbocycles. The van der Waals surface area contributed by atoms with Crippen LogP contribution in [0.15, 0.2) is 30.6 Å². The van der Waals surface area contributed by atoms with Crippen LogP contribution in [0, 0.1) is 10.1 Å². The van der Waals surface area contributed by atoms with E-state index >= 15 is 0 Å². The van der Waals surface area contributed by atoms with Gasteiger partial charge in [0, 0.05) is 61.9 Å². The predicted octanol–water partition coefficient (Wildman–Crippen LogP) is 2.85. The van der Waals surface area contributed by atoms with E-state index in [0.717, 1.165) is 43.0 Å². The highest BCUT2D eigenvalue weighted by atomic mass is 16.6. The van der Waals surface area contributed by atoms with Crippen LogP contribution in [0.1, 0.15) is 30.1 Å². The molecule has 1 unspecified atom stereocenters. The summed E-state index contributed by atoms with van der Waals surface area (Å²) in [5.41, 5.74) is 1.95. The molecule has 1 aromatic carbocycles. The molecule has 1 aliphatic heterocycles. The number of rotatable bonds is 5. The molecule has 0 amide bonds. The Bertz CT molecular complexity index is 672. The molecule has 7 heteroatoms. The number of aromatic nitrogens is 2. The standard InChI is InChI=1S/C16H20N4O3/c1-23-11-13-9-14(20(21)22)4-5-15(13)19-8-2-3-12(10-19)16-17-6-7-18-16/h4-7,9,12H,2-3,8,10-11H2,1H3,(H,17,18). The largest absolute Gasteiger partial charge is 0.380 e. The molecule has 0 aliphatic carbocycles. The quantitative estimate of drug-likeness (QED) is 0.677. The number of hydrogen-bond acceptors (Lipinski definition) is 5. The number of anilines is 1. The van der Waals surface area contributed by atoms with Crippen molar-refractivity contribution in [1.82, 2.24) is 9.97 Å². The van der Waals surface area contributed by atoms with Crippen molar-refractivity contribution in [3.8, 4) is 0 Å². The fraction of sp³-hybridized carbons (Fsp3) is 0.438. The summed E-state index contributed by atoms with van der Waals surface area (Å²) < 4.78 is 5.23. The molecule has 2 heterocycles. The molecule has 1 aliphatic rings. The Hall–Kier alpha value is -2.41. The highest BCUT2D eigenvalue weighted by molar-refractivity contribution is 5.58. The number of non-ortho nitro benzene ring substituents is 1. The summed E-state index contributed by atoms with van der Waals surface area (Å²) in [4.78, 5) is 20.5. The zero-order valence-electron chi connectivity index (χ0n) is 13.1. The first-order valence-corrected chi connectivity index (χ1v) is 7.69. The van der Waals surface area contributed by atoms with Crippen LogP contribution in [-0.2, 0) is 11.3 Å². The number of ether oxygens (including phenoxy) is 1. The van der Waals surface area contributed by atoms with Crippen LogP contribution in [0.5, 0.6) is 0 Å². The van der Waals surface area contributed by atoms with Gasteiger partial charge in [0.1, 0.15) is 5.82 Å². The van der Waals surface area contributed by atoms with Gasteiger partial charge in [-0.2, -0.15) is 0 Å². The lowest BCUT2D eigenvalue weighted by Gasteiger charge is -2.34. The normalized spacial score (nSPS) is 18.1. The average molecular weight is 316 g/mol. The summed E-state index contributed by atoms with van der Waals surface area (Å²) >= 11 is 0. The maximum Gasteiger partial charge on any atom is 0.269 e. The fourth-order valence-corrected chi connectivity index (χ4v) is 3.18. The molecule has 3 rings (SSSR count). The van der Waals surface area contributed by atoms with Crippen molar-refractivity contribution in [2.75, 3.05) is 25.1 Å². The van der Waals surface area contributed by atoms with Crippen molar-refractivity contribution in [3.05, 3.63) is 52.1 Å². The summed E-state index contributed by atoms with van der Waals surface area (Å²) in [6, 6.07) is 5.00. The number of hydrogen-bond donors (Lipinski definition) is 1. The second kappa shape index (κ2) is 6.78. The van der Waals surface area contributed by atoms with Crippen LogP contribution in [0.2, 0.25) is 0 Å². The van der Waals surface area contributed by atoms with Crippen LogP contribution in [-0.4, -0.2) is 35.1 Å². The van der Waals surface area contributed by atoms with Gasteiger partial charge in [0.15, 0.2) is 0 Å². The van der Waals surface area contributed by atoms with E-state index in [1.165, 1.54) is 0 Å². The number of benzene rings is 1. The lowest BCUT2D eigenvalue weighted by molar-refractivity contribution is -0.384. The minimum absolute atomic E-state index is 0.0976. The predicted molar refractivity (Wildman–Crippen MR) is 86.6 cm³/mol. The molecule has 7 nitrogen and oxygen atoms in total. The molecule has 1 saturated heterocycles. The zero-order chi connectivity index (χ0) is 16.2. The molecule has 0 spiro atoms. The van der Waals surface area contributed by atoms with Crippen molar-refractivity contribution >= 4 is 11.4 Å². The molecule has 1 fully saturated rings. The number of methoxy groups -OCH3 is 1. The smallest absolute Gasteiger partial charge is 0.269 e. The average Bonchev–Trinajstić information content (AvgIpc) is 3.10. The molecule has 23 heavy (non-hydrogen) atoms. The molecule has 2 aromatic rings. The first kappa shape index (κ1) is 15.5. The van der Waals surface area contributed by atoms with Gasteiger partial charge in [-0.05, 0) is 18.9 Å². The van der Waals surface area contributed by atoms with Crippen LogP contribution in [0.3, 0.4) is 0 Å². The maximum absolute atomic E-state index is 11.0. The van der Waals surface area contributed by atoms with E-state index in [1.807, 2.05) is 12.3 Å². The van der Waals surface area contributed by atoms with E-state index in [-0.39, 0.29) is 10.6 Å². The van der Waals surface area contributed by atoms with Crippen molar-refractivity contribution in [2.24, 2.45) is 0 Å². The number of imidazole rings is 1. The summed E-state index contributed by atoms with van der Waals surface area (Å²) in [6.45, 7) is 2.15. The number of piperidine rings is 1. The van der Waals surface area contributed by atoms with E-state index in [2.05, 4.69) is 14.9 Å². The summed E-state index contributed by atoms with van der Waals surface area (Å²) in [6.07, 6.45) is 5.78. The third-order valence-electron chi connectivity index (χ3n) is 4.24. The third kappa shape index (κ3) is 3.34. The molecular formula is C16H20N4O3. The molecule has 0 bridgehead atoms. The Kier molecular flexibility index (Phi) is 4.57. The first-order chi connectivity index (χ1) is 11.2. The highest BCUT2D eigenvalue weighted by Crippen LogP contribution is 2.32. The van der Waals surface area contributed by atoms with Crippen LogP contribution in [0.4, 0.5) is 11.4 Å². The highest BCUT2D eigenvalue weighted by Gasteiger charge is 2.25. The minimum Gasteiger partial charge on any atom is -0.380 e. The summed E-state index contributed by atoms with van der Waals surface area (Å²) in [7, 11) is 1.60. The van der Waals surface area contributed by atoms with Gasteiger partial charge in [-0.15, -0.1) is 0 Å². The maximum atomic E-state index is 11.0. The van der Waals surface area contributed by atoms with Gasteiger partial charge in [-0.1, -0.05) is 0 Å². The first-order valence-electron chi connectivity index (χ1n) is 7.69. The monoisotopic (exact) mass is 316 g/mol. The van der Waals surface area contributed by atoms with Crippen molar-refractivity contribution in [1.29, 1.82) is 0 Å². The Balaban J connectivity index is 1.86. The van der Waals surface area contributed by atoms with E-state index in [9.17, 15) is 10.1 Å².